The Morgan fingerprint density at radius 3 is 2.56 bits per heavy atom. The summed E-state index contributed by atoms with van der Waals surface area (Å²) in [6, 6.07) is 18.7. The average molecular weight is 522 g/mol. The van der Waals surface area contributed by atoms with Gasteiger partial charge < -0.3 is 20.5 Å². The first-order valence-corrected chi connectivity index (χ1v) is 12.8. The summed E-state index contributed by atoms with van der Waals surface area (Å²) in [7, 11) is 0. The summed E-state index contributed by atoms with van der Waals surface area (Å²) in [5, 5.41) is 15.0. The van der Waals surface area contributed by atoms with Crippen LogP contribution in [0.15, 0.2) is 71.6 Å². The number of thioether (sulfide) groups is 1. The second-order valence-electron chi connectivity index (χ2n) is 7.66. The van der Waals surface area contributed by atoms with Crippen molar-refractivity contribution in [2.24, 2.45) is 0 Å². The van der Waals surface area contributed by atoms with E-state index in [4.69, 9.17) is 4.74 Å². The number of aromatic nitrogens is 1. The Hall–Kier alpha value is -3.89. The molecule has 0 saturated carbocycles. The third kappa shape index (κ3) is 6.02. The fourth-order valence-electron chi connectivity index (χ4n) is 3.39. The van der Waals surface area contributed by atoms with Crippen molar-refractivity contribution in [1.29, 1.82) is 0 Å². The Bertz CT molecular complexity index is 1440. The molecule has 184 valence electrons. The highest BCUT2D eigenvalue weighted by Crippen LogP contribution is 2.31. The van der Waals surface area contributed by atoms with E-state index in [1.807, 2.05) is 31.2 Å². The Morgan fingerprint density at radius 2 is 1.81 bits per heavy atom. The van der Waals surface area contributed by atoms with Crippen molar-refractivity contribution in [3.8, 4) is 5.75 Å². The molecule has 3 N–H and O–H groups in total. The maximum Gasteiger partial charge on any atom is 0.336 e. The Balaban J connectivity index is 1.40. The molecule has 1 aromatic heterocycles. The summed E-state index contributed by atoms with van der Waals surface area (Å²) < 4.78 is 6.44. The quantitative estimate of drug-likeness (QED) is 0.240. The average Bonchev–Trinajstić information content (AvgIpc) is 3.26. The van der Waals surface area contributed by atoms with E-state index in [0.29, 0.717) is 17.4 Å². The lowest BCUT2D eigenvalue weighted by Crippen LogP contribution is -2.22. The van der Waals surface area contributed by atoms with Gasteiger partial charge in [-0.1, -0.05) is 29.5 Å². The van der Waals surface area contributed by atoms with Crippen LogP contribution in [0.2, 0.25) is 0 Å². The molecule has 4 rings (SSSR count). The molecule has 0 spiro atoms. The molecule has 10 heteroatoms. The minimum Gasteiger partial charge on any atom is -0.494 e. The van der Waals surface area contributed by atoms with Gasteiger partial charge in [-0.25, -0.2) is 9.78 Å². The van der Waals surface area contributed by atoms with Gasteiger partial charge in [0.05, 0.1) is 33.2 Å². The smallest absolute Gasteiger partial charge is 0.336 e. The zero-order valence-electron chi connectivity index (χ0n) is 19.5. The van der Waals surface area contributed by atoms with E-state index in [9.17, 15) is 19.5 Å². The Labute approximate surface area is 215 Å². The van der Waals surface area contributed by atoms with Gasteiger partial charge in [0.25, 0.3) is 5.91 Å². The minimum atomic E-state index is -1.17. The SMILES string of the molecule is CCOc1ccc2nc(NC(=O)C(C)Sc3cccc(NC(=O)c4ccccc4C(=O)O)c3)sc2c1. The lowest BCUT2D eigenvalue weighted by Gasteiger charge is -2.12. The molecule has 0 aliphatic carbocycles. The van der Waals surface area contributed by atoms with Crippen LogP contribution in [0, 0.1) is 0 Å². The number of carbonyl (C=O) groups is 3. The van der Waals surface area contributed by atoms with Crippen LogP contribution >= 0.6 is 23.1 Å². The highest BCUT2D eigenvalue weighted by Gasteiger charge is 2.18. The van der Waals surface area contributed by atoms with E-state index in [-0.39, 0.29) is 17.0 Å². The topological polar surface area (TPSA) is 118 Å². The zero-order valence-corrected chi connectivity index (χ0v) is 21.1. The normalized spacial score (nSPS) is 11.6. The molecular formula is C26H23N3O5S2. The number of carboxylic acids is 1. The number of carbonyl (C=O) groups excluding carboxylic acids is 2. The van der Waals surface area contributed by atoms with Crippen LogP contribution in [-0.4, -0.2) is 39.7 Å². The molecule has 8 nitrogen and oxygen atoms in total. The van der Waals surface area contributed by atoms with Crippen LogP contribution < -0.4 is 15.4 Å². The molecule has 1 unspecified atom stereocenters. The van der Waals surface area contributed by atoms with E-state index < -0.39 is 17.1 Å². The predicted molar refractivity (Wildman–Crippen MR) is 143 cm³/mol. The number of nitrogens with one attached hydrogen (secondary N) is 2. The standard InChI is InChI=1S/C26H23N3O5S2/c1-3-34-17-11-12-21-22(14-17)36-26(28-21)29-23(30)15(2)35-18-8-6-7-16(13-18)27-24(31)19-9-4-5-10-20(19)25(32)33/h4-15H,3H2,1-2H3,(H,27,31)(H,32,33)(H,28,29,30). The maximum absolute atomic E-state index is 12.8. The maximum atomic E-state index is 12.8. The van der Waals surface area contributed by atoms with E-state index in [0.717, 1.165) is 20.9 Å². The van der Waals surface area contributed by atoms with Crippen molar-refractivity contribution >= 4 is 61.9 Å². The van der Waals surface area contributed by atoms with Gasteiger partial charge in [0.15, 0.2) is 5.13 Å². The van der Waals surface area contributed by atoms with Gasteiger partial charge in [-0.3, -0.25) is 9.59 Å². The third-order valence-corrected chi connectivity index (χ3v) is 7.10. The number of nitrogens with zero attached hydrogens (tertiary/aromatic N) is 1. The second kappa shape index (κ2) is 11.2. The molecule has 1 atom stereocenters. The number of carboxylic acid groups (broad SMARTS) is 1. The van der Waals surface area contributed by atoms with Crippen molar-refractivity contribution in [2.45, 2.75) is 24.0 Å². The molecule has 2 amide bonds. The van der Waals surface area contributed by atoms with Gasteiger partial charge in [0.2, 0.25) is 5.91 Å². The molecule has 4 aromatic rings. The van der Waals surface area contributed by atoms with Crippen molar-refractivity contribution in [1.82, 2.24) is 4.98 Å². The molecule has 36 heavy (non-hydrogen) atoms. The lowest BCUT2D eigenvalue weighted by atomic mass is 10.1. The van der Waals surface area contributed by atoms with Crippen LogP contribution in [0.3, 0.4) is 0 Å². The molecule has 0 bridgehead atoms. The van der Waals surface area contributed by atoms with Gasteiger partial charge >= 0.3 is 5.97 Å². The van der Waals surface area contributed by atoms with Gasteiger partial charge in [-0.15, -0.1) is 11.8 Å². The number of ether oxygens (including phenoxy) is 1. The Morgan fingerprint density at radius 1 is 1.03 bits per heavy atom. The van der Waals surface area contributed by atoms with E-state index in [1.165, 1.54) is 35.2 Å². The van der Waals surface area contributed by atoms with Crippen LogP contribution in [0.25, 0.3) is 10.2 Å². The molecule has 3 aromatic carbocycles. The van der Waals surface area contributed by atoms with Crippen LogP contribution in [0.5, 0.6) is 5.75 Å². The molecule has 0 saturated heterocycles. The summed E-state index contributed by atoms with van der Waals surface area (Å²) >= 11 is 2.71. The van der Waals surface area contributed by atoms with Gasteiger partial charge in [0.1, 0.15) is 5.75 Å². The molecule has 0 aliphatic heterocycles. The summed E-state index contributed by atoms with van der Waals surface area (Å²) in [4.78, 5) is 42.1. The molecule has 0 radical (unpaired) electrons. The fraction of sp³-hybridized carbons (Fsp3) is 0.154. The van der Waals surface area contributed by atoms with E-state index in [1.54, 1.807) is 37.3 Å². The number of hydrogen-bond acceptors (Lipinski definition) is 7. The number of benzene rings is 3. The zero-order chi connectivity index (χ0) is 25.7. The van der Waals surface area contributed by atoms with Gasteiger partial charge in [0, 0.05) is 10.6 Å². The number of fused-ring (bicyclic) bond motifs is 1. The largest absolute Gasteiger partial charge is 0.494 e. The van der Waals surface area contributed by atoms with E-state index in [2.05, 4.69) is 15.6 Å². The van der Waals surface area contributed by atoms with Crippen molar-refractivity contribution in [3.63, 3.8) is 0 Å². The second-order valence-corrected chi connectivity index (χ2v) is 10.1. The van der Waals surface area contributed by atoms with Crippen molar-refractivity contribution in [2.75, 3.05) is 17.2 Å². The first kappa shape index (κ1) is 25.2. The number of rotatable bonds is 9. The van der Waals surface area contributed by atoms with Crippen molar-refractivity contribution < 1.29 is 24.2 Å². The number of thiazole rings is 1. The molecular weight excluding hydrogens is 498 g/mol. The summed E-state index contributed by atoms with van der Waals surface area (Å²) in [5.74, 6) is -1.14. The van der Waals surface area contributed by atoms with Gasteiger partial charge in [-0.2, -0.15) is 0 Å². The van der Waals surface area contributed by atoms with Crippen LogP contribution in [0.1, 0.15) is 34.6 Å². The predicted octanol–water partition coefficient (Wildman–Crippen LogP) is 5.76. The molecule has 1 heterocycles. The van der Waals surface area contributed by atoms with Crippen molar-refractivity contribution in [3.05, 3.63) is 77.9 Å². The van der Waals surface area contributed by atoms with E-state index >= 15 is 0 Å². The number of anilines is 2. The lowest BCUT2D eigenvalue weighted by molar-refractivity contribution is -0.115. The Kier molecular flexibility index (Phi) is 7.87. The summed E-state index contributed by atoms with van der Waals surface area (Å²) in [6.45, 7) is 4.28. The highest BCUT2D eigenvalue weighted by atomic mass is 32.2. The third-order valence-electron chi connectivity index (χ3n) is 5.08. The summed E-state index contributed by atoms with van der Waals surface area (Å²) in [5.41, 5.74) is 1.27. The van der Waals surface area contributed by atoms with Crippen LogP contribution in [0.4, 0.5) is 10.8 Å². The number of amides is 2. The first-order valence-electron chi connectivity index (χ1n) is 11.1. The summed E-state index contributed by atoms with van der Waals surface area (Å²) in [6.07, 6.45) is 0. The fourth-order valence-corrected chi connectivity index (χ4v) is 5.22. The monoisotopic (exact) mass is 521 g/mol. The van der Waals surface area contributed by atoms with Gasteiger partial charge in [-0.05, 0) is 62.4 Å². The number of hydrogen-bond donors (Lipinski definition) is 3. The first-order chi connectivity index (χ1) is 17.3. The minimum absolute atomic E-state index is 0.0695. The molecule has 0 aliphatic rings. The molecule has 0 fully saturated rings. The highest BCUT2D eigenvalue weighted by molar-refractivity contribution is 8.00. The number of aromatic carboxylic acids is 1. The van der Waals surface area contributed by atoms with Crippen LogP contribution in [-0.2, 0) is 4.79 Å².